The molecule has 0 radical (unpaired) electrons. The van der Waals surface area contributed by atoms with Gasteiger partial charge >= 0.3 is 0 Å². The van der Waals surface area contributed by atoms with E-state index in [0.29, 0.717) is 31.8 Å². The lowest BCUT2D eigenvalue weighted by Crippen LogP contribution is -2.49. The van der Waals surface area contributed by atoms with Crippen molar-refractivity contribution in [2.75, 3.05) is 33.4 Å². The summed E-state index contributed by atoms with van der Waals surface area (Å²) in [4.78, 5) is 7.30. The first kappa shape index (κ1) is 25.5. The number of nitrogens with zero attached hydrogens (tertiary/aromatic N) is 5. The van der Waals surface area contributed by atoms with Crippen LogP contribution in [-0.2, 0) is 18.3 Å². The van der Waals surface area contributed by atoms with Crippen LogP contribution in [0.15, 0.2) is 35.3 Å². The van der Waals surface area contributed by atoms with Crippen LogP contribution in [0.4, 0.5) is 0 Å². The molecular formula is C22H36IN7O. The normalized spacial score (nSPS) is 16.6. The van der Waals surface area contributed by atoms with Crippen molar-refractivity contribution in [1.82, 2.24) is 30.3 Å². The SMILES string of the molecule is COCCNC(=NCc1nnc(C)n1C)NC1CCN(C(C)c2ccccc2)CC1.I. The highest BCUT2D eigenvalue weighted by atomic mass is 127. The molecule has 1 saturated heterocycles. The minimum Gasteiger partial charge on any atom is -0.383 e. The van der Waals surface area contributed by atoms with E-state index in [1.165, 1.54) is 5.56 Å². The molecule has 3 rings (SSSR count). The van der Waals surface area contributed by atoms with Gasteiger partial charge in [0.15, 0.2) is 11.8 Å². The van der Waals surface area contributed by atoms with Gasteiger partial charge in [-0.2, -0.15) is 0 Å². The molecule has 1 unspecified atom stereocenters. The molecule has 0 saturated carbocycles. The number of hydrogen-bond acceptors (Lipinski definition) is 5. The molecule has 0 spiro atoms. The zero-order valence-corrected chi connectivity index (χ0v) is 21.4. The summed E-state index contributed by atoms with van der Waals surface area (Å²) in [7, 11) is 3.67. The fraction of sp³-hybridized carbons (Fsp3) is 0.591. The molecule has 1 aromatic carbocycles. The maximum Gasteiger partial charge on any atom is 0.192 e. The summed E-state index contributed by atoms with van der Waals surface area (Å²) in [6.07, 6.45) is 2.18. The van der Waals surface area contributed by atoms with Crippen LogP contribution in [0.25, 0.3) is 0 Å². The number of aryl methyl sites for hydroxylation is 1. The number of aliphatic imine (C=N–C) groups is 1. The monoisotopic (exact) mass is 541 g/mol. The van der Waals surface area contributed by atoms with Crippen molar-refractivity contribution in [2.45, 2.75) is 45.3 Å². The number of ether oxygens (including phenoxy) is 1. The van der Waals surface area contributed by atoms with Gasteiger partial charge in [-0.25, -0.2) is 4.99 Å². The number of halogens is 1. The zero-order chi connectivity index (χ0) is 21.3. The lowest BCUT2D eigenvalue weighted by molar-refractivity contribution is 0.158. The number of aromatic nitrogens is 3. The number of guanidine groups is 1. The molecule has 1 aliphatic rings. The molecule has 2 N–H and O–H groups in total. The fourth-order valence-electron chi connectivity index (χ4n) is 3.73. The van der Waals surface area contributed by atoms with Crippen LogP contribution in [0.3, 0.4) is 0 Å². The van der Waals surface area contributed by atoms with E-state index in [2.05, 4.69) is 63.0 Å². The second kappa shape index (κ2) is 13.0. The first-order valence-corrected chi connectivity index (χ1v) is 10.8. The molecule has 1 atom stereocenters. The Morgan fingerprint density at radius 2 is 1.94 bits per heavy atom. The Labute approximate surface area is 202 Å². The van der Waals surface area contributed by atoms with E-state index in [9.17, 15) is 0 Å². The van der Waals surface area contributed by atoms with Crippen molar-refractivity contribution < 1.29 is 4.74 Å². The van der Waals surface area contributed by atoms with Crippen molar-refractivity contribution in [3.8, 4) is 0 Å². The summed E-state index contributed by atoms with van der Waals surface area (Å²) in [5, 5.41) is 15.3. The summed E-state index contributed by atoms with van der Waals surface area (Å²) in [5.74, 6) is 2.55. The quantitative estimate of drug-likeness (QED) is 0.232. The molecule has 0 amide bonds. The van der Waals surface area contributed by atoms with E-state index in [1.807, 2.05) is 18.5 Å². The molecule has 1 fully saturated rings. The van der Waals surface area contributed by atoms with Gasteiger partial charge in [-0.15, -0.1) is 34.2 Å². The van der Waals surface area contributed by atoms with Gasteiger partial charge in [0.05, 0.1) is 6.61 Å². The molecule has 1 aliphatic heterocycles. The Hall–Kier alpha value is -1.72. The standard InChI is InChI=1S/C22H35N7O.HI/c1-17(19-8-6-5-7-9-19)29-13-10-20(11-14-29)25-22(23-12-15-30-4)24-16-21-27-26-18(2)28(21)3;/h5-9,17,20H,10-16H2,1-4H3,(H2,23,24,25);1H. The van der Waals surface area contributed by atoms with Crippen molar-refractivity contribution in [3.63, 3.8) is 0 Å². The van der Waals surface area contributed by atoms with Crippen molar-refractivity contribution >= 4 is 29.9 Å². The van der Waals surface area contributed by atoms with Crippen molar-refractivity contribution in [2.24, 2.45) is 12.0 Å². The number of benzene rings is 1. The number of piperidine rings is 1. The fourth-order valence-corrected chi connectivity index (χ4v) is 3.73. The second-order valence-electron chi connectivity index (χ2n) is 7.85. The molecule has 8 nitrogen and oxygen atoms in total. The van der Waals surface area contributed by atoms with Crippen molar-refractivity contribution in [1.29, 1.82) is 0 Å². The third-order valence-corrected chi connectivity index (χ3v) is 5.86. The third-order valence-electron chi connectivity index (χ3n) is 5.86. The van der Waals surface area contributed by atoms with Gasteiger partial charge in [0.1, 0.15) is 12.4 Å². The number of likely N-dealkylation sites (tertiary alicyclic amines) is 1. The largest absolute Gasteiger partial charge is 0.383 e. The first-order chi connectivity index (χ1) is 14.6. The Morgan fingerprint density at radius 1 is 1.23 bits per heavy atom. The van der Waals surface area contributed by atoms with E-state index < -0.39 is 0 Å². The predicted molar refractivity (Wildman–Crippen MR) is 135 cm³/mol. The number of methoxy groups -OCH3 is 1. The van der Waals surface area contributed by atoms with E-state index in [4.69, 9.17) is 9.73 Å². The second-order valence-corrected chi connectivity index (χ2v) is 7.85. The average Bonchev–Trinajstić information content (AvgIpc) is 3.10. The molecule has 0 aliphatic carbocycles. The lowest BCUT2D eigenvalue weighted by Gasteiger charge is -2.37. The number of nitrogens with one attached hydrogen (secondary N) is 2. The first-order valence-electron chi connectivity index (χ1n) is 10.8. The van der Waals surface area contributed by atoms with Crippen LogP contribution in [0, 0.1) is 6.92 Å². The highest BCUT2D eigenvalue weighted by Crippen LogP contribution is 2.23. The van der Waals surface area contributed by atoms with Crippen LogP contribution in [0.1, 0.15) is 43.0 Å². The van der Waals surface area contributed by atoms with Gasteiger partial charge in [0.25, 0.3) is 0 Å². The summed E-state index contributed by atoms with van der Waals surface area (Å²) in [6, 6.07) is 11.6. The topological polar surface area (TPSA) is 79.6 Å². The lowest BCUT2D eigenvalue weighted by atomic mass is 10.0. The Bertz CT molecular complexity index is 803. The van der Waals surface area contributed by atoms with Gasteiger partial charge in [0.2, 0.25) is 0 Å². The van der Waals surface area contributed by atoms with Crippen molar-refractivity contribution in [3.05, 3.63) is 47.5 Å². The average molecular weight is 541 g/mol. The molecular weight excluding hydrogens is 505 g/mol. The Balaban J connectivity index is 0.00000341. The van der Waals surface area contributed by atoms with E-state index >= 15 is 0 Å². The minimum absolute atomic E-state index is 0. The van der Waals surface area contributed by atoms with Gasteiger partial charge in [0, 0.05) is 45.9 Å². The Morgan fingerprint density at radius 3 is 2.55 bits per heavy atom. The molecule has 2 heterocycles. The van der Waals surface area contributed by atoms with Crippen LogP contribution in [0.5, 0.6) is 0 Å². The molecule has 9 heteroatoms. The van der Waals surface area contributed by atoms with Crippen LogP contribution >= 0.6 is 24.0 Å². The summed E-state index contributed by atoms with van der Waals surface area (Å²) in [5.41, 5.74) is 1.38. The van der Waals surface area contributed by atoms with E-state index in [1.54, 1.807) is 7.11 Å². The molecule has 31 heavy (non-hydrogen) atoms. The van der Waals surface area contributed by atoms with Crippen LogP contribution < -0.4 is 10.6 Å². The number of rotatable bonds is 8. The summed E-state index contributed by atoms with van der Waals surface area (Å²) >= 11 is 0. The number of hydrogen-bond donors (Lipinski definition) is 2. The van der Waals surface area contributed by atoms with Crippen LogP contribution in [-0.4, -0.2) is 65.0 Å². The van der Waals surface area contributed by atoms with Gasteiger partial charge in [-0.3, -0.25) is 4.90 Å². The minimum atomic E-state index is 0. The summed E-state index contributed by atoms with van der Waals surface area (Å²) in [6.45, 7) is 8.22. The maximum atomic E-state index is 5.17. The smallest absolute Gasteiger partial charge is 0.192 e. The van der Waals surface area contributed by atoms with Gasteiger partial charge in [-0.1, -0.05) is 30.3 Å². The molecule has 2 aromatic rings. The Kier molecular flexibility index (Phi) is 10.7. The molecule has 0 bridgehead atoms. The van der Waals surface area contributed by atoms with Crippen LogP contribution in [0.2, 0.25) is 0 Å². The maximum absolute atomic E-state index is 5.17. The predicted octanol–water partition coefficient (Wildman–Crippen LogP) is 2.65. The van der Waals surface area contributed by atoms with Gasteiger partial charge < -0.3 is 19.9 Å². The third kappa shape index (κ3) is 7.43. The van der Waals surface area contributed by atoms with E-state index in [-0.39, 0.29) is 24.0 Å². The zero-order valence-electron chi connectivity index (χ0n) is 19.0. The highest BCUT2D eigenvalue weighted by molar-refractivity contribution is 14.0. The molecule has 1 aromatic heterocycles. The van der Waals surface area contributed by atoms with Gasteiger partial charge in [-0.05, 0) is 32.3 Å². The summed E-state index contributed by atoms with van der Waals surface area (Å²) < 4.78 is 7.14. The molecule has 172 valence electrons. The van der Waals surface area contributed by atoms with E-state index in [0.717, 1.165) is 43.5 Å². The highest BCUT2D eigenvalue weighted by Gasteiger charge is 2.24.